The summed E-state index contributed by atoms with van der Waals surface area (Å²) < 4.78 is 7.49. The van der Waals surface area contributed by atoms with Crippen molar-refractivity contribution in [3.63, 3.8) is 0 Å². The van der Waals surface area contributed by atoms with Gasteiger partial charge in [-0.05, 0) is 23.8 Å². The van der Waals surface area contributed by atoms with Gasteiger partial charge < -0.3 is 15.1 Å². The highest BCUT2D eigenvalue weighted by Crippen LogP contribution is 2.22. The van der Waals surface area contributed by atoms with Crippen molar-refractivity contribution in [3.8, 4) is 0 Å². The second-order valence-corrected chi connectivity index (χ2v) is 4.87. The Morgan fingerprint density at radius 1 is 1.18 bits per heavy atom. The summed E-state index contributed by atoms with van der Waals surface area (Å²) in [5, 5.41) is 12.4. The first-order valence-electron chi connectivity index (χ1n) is 6.47. The molecule has 0 spiro atoms. The van der Waals surface area contributed by atoms with Crippen molar-refractivity contribution in [1.29, 1.82) is 0 Å². The van der Waals surface area contributed by atoms with E-state index in [1.807, 2.05) is 30.3 Å². The van der Waals surface area contributed by atoms with E-state index in [1.165, 1.54) is 13.2 Å². The molecule has 0 aliphatic heterocycles. The number of carboxylic acids is 1. The van der Waals surface area contributed by atoms with Crippen LogP contribution in [0.3, 0.4) is 0 Å². The summed E-state index contributed by atoms with van der Waals surface area (Å²) in [5.74, 6) is -0.996. The summed E-state index contributed by atoms with van der Waals surface area (Å²) in [4.78, 5) is 15.6. The van der Waals surface area contributed by atoms with Gasteiger partial charge in [0.25, 0.3) is 0 Å². The zero-order valence-electron chi connectivity index (χ0n) is 11.9. The number of hydrogen-bond donors (Lipinski definition) is 3. The number of anilines is 2. The minimum atomic E-state index is -0.996. The fourth-order valence-electron chi connectivity index (χ4n) is 1.81. The van der Waals surface area contributed by atoms with E-state index in [4.69, 9.17) is 0 Å². The zero-order chi connectivity index (χ0) is 15.8. The van der Waals surface area contributed by atoms with Gasteiger partial charge in [-0.2, -0.15) is 0 Å². The van der Waals surface area contributed by atoms with Crippen molar-refractivity contribution in [2.45, 2.75) is 6.54 Å². The molecule has 2 aromatic carbocycles. The lowest BCUT2D eigenvalue weighted by molar-refractivity contribution is -0.159. The van der Waals surface area contributed by atoms with E-state index < -0.39 is 5.97 Å². The van der Waals surface area contributed by atoms with E-state index in [0.29, 0.717) is 17.9 Å². The van der Waals surface area contributed by atoms with Gasteiger partial charge in [0, 0.05) is 17.9 Å². The van der Waals surface area contributed by atoms with Crippen LogP contribution in [0.25, 0.3) is 0 Å². The van der Waals surface area contributed by atoms with E-state index in [2.05, 4.69) is 19.3 Å². The first kappa shape index (κ1) is 16.2. The minimum absolute atomic E-state index is 0.179. The Kier molecular flexibility index (Phi) is 6.08. The van der Waals surface area contributed by atoms with Crippen LogP contribution in [-0.4, -0.2) is 18.2 Å². The van der Waals surface area contributed by atoms with E-state index in [1.54, 1.807) is 12.1 Å². The molecule has 7 heteroatoms. The number of carbonyl (C=O) groups is 1. The molecule has 0 bridgehead atoms. The van der Waals surface area contributed by atoms with Crippen LogP contribution < -0.4 is 10.0 Å². The lowest BCUT2D eigenvalue weighted by Gasteiger charge is -2.11. The highest BCUT2D eigenvalue weighted by molar-refractivity contribution is 7.95. The number of benzene rings is 2. The maximum absolute atomic E-state index is 11.2. The van der Waals surface area contributed by atoms with Gasteiger partial charge in [0.15, 0.2) is 0 Å². The molecule has 0 atom stereocenters. The molecule has 0 aliphatic rings. The Hall–Kier alpha value is -2.22. The Morgan fingerprint density at radius 3 is 2.59 bits per heavy atom. The van der Waals surface area contributed by atoms with Crippen LogP contribution in [0, 0.1) is 0 Å². The van der Waals surface area contributed by atoms with Crippen molar-refractivity contribution in [2.24, 2.45) is 0 Å². The van der Waals surface area contributed by atoms with Gasteiger partial charge in [-0.1, -0.05) is 30.3 Å². The highest BCUT2D eigenvalue weighted by atomic mass is 32.2. The lowest BCUT2D eigenvalue weighted by Crippen LogP contribution is -2.03. The number of carboxylic acid groups (broad SMARTS) is 1. The molecule has 116 valence electrons. The predicted octanol–water partition coefficient (Wildman–Crippen LogP) is 3.55. The number of hydrogen-bond acceptors (Lipinski definition) is 6. The Morgan fingerprint density at radius 2 is 1.91 bits per heavy atom. The molecule has 0 fully saturated rings. The van der Waals surface area contributed by atoms with Crippen LogP contribution in [0.4, 0.5) is 11.4 Å². The topological polar surface area (TPSA) is 79.8 Å². The van der Waals surface area contributed by atoms with Crippen LogP contribution in [0.1, 0.15) is 15.9 Å². The molecule has 2 rings (SSSR count). The largest absolute Gasteiger partial charge is 0.478 e. The average molecular weight is 320 g/mol. The molecule has 0 aromatic heterocycles. The van der Waals surface area contributed by atoms with E-state index in [9.17, 15) is 9.90 Å². The monoisotopic (exact) mass is 320 g/mol. The fraction of sp³-hybridized carbons (Fsp3) is 0.133. The average Bonchev–Trinajstić information content (AvgIpc) is 2.54. The van der Waals surface area contributed by atoms with E-state index in [0.717, 1.165) is 17.8 Å². The molecular weight excluding hydrogens is 304 g/mol. The summed E-state index contributed by atoms with van der Waals surface area (Å²) in [6.45, 7) is 0.602. The van der Waals surface area contributed by atoms with Crippen molar-refractivity contribution in [2.75, 3.05) is 17.1 Å². The molecule has 0 aliphatic carbocycles. The molecule has 0 heterocycles. The molecule has 2 aromatic rings. The van der Waals surface area contributed by atoms with E-state index in [-0.39, 0.29) is 5.56 Å². The second kappa shape index (κ2) is 8.28. The van der Waals surface area contributed by atoms with E-state index >= 15 is 0 Å². The Bertz CT molecular complexity index is 622. The molecule has 0 saturated carbocycles. The predicted molar refractivity (Wildman–Crippen MR) is 86.5 cm³/mol. The molecular formula is C15H16N2O4S. The third-order valence-electron chi connectivity index (χ3n) is 2.78. The van der Waals surface area contributed by atoms with Gasteiger partial charge in [0.2, 0.25) is 0 Å². The van der Waals surface area contributed by atoms with Crippen LogP contribution in [0.2, 0.25) is 0 Å². The lowest BCUT2D eigenvalue weighted by atomic mass is 10.1. The molecule has 22 heavy (non-hydrogen) atoms. The summed E-state index contributed by atoms with van der Waals surface area (Å²) in [7, 11) is 1.38. The van der Waals surface area contributed by atoms with Crippen molar-refractivity contribution in [1.82, 2.24) is 0 Å². The third-order valence-corrected chi connectivity index (χ3v) is 3.30. The van der Waals surface area contributed by atoms with Crippen molar-refractivity contribution < 1.29 is 19.1 Å². The van der Waals surface area contributed by atoms with Gasteiger partial charge in [0.1, 0.15) is 12.2 Å². The molecule has 0 radical (unpaired) electrons. The minimum Gasteiger partial charge on any atom is -0.478 e. The molecule has 6 nitrogen and oxygen atoms in total. The highest BCUT2D eigenvalue weighted by Gasteiger charge is 2.07. The Balaban J connectivity index is 2.09. The molecule has 0 amide bonds. The molecule has 0 unspecified atom stereocenters. The molecule has 3 N–H and O–H groups in total. The maximum atomic E-state index is 11.2. The number of nitrogens with one attached hydrogen (secondary N) is 2. The van der Waals surface area contributed by atoms with Gasteiger partial charge in [0.05, 0.1) is 12.7 Å². The zero-order valence-corrected chi connectivity index (χ0v) is 12.7. The summed E-state index contributed by atoms with van der Waals surface area (Å²) >= 11 is 0.857. The first-order valence-corrected chi connectivity index (χ1v) is 7.21. The summed E-state index contributed by atoms with van der Waals surface area (Å²) in [6.07, 6.45) is 0. The van der Waals surface area contributed by atoms with Crippen LogP contribution in [0.15, 0.2) is 48.5 Å². The standard InChI is InChI=1S/C15H16N2O4S/c1-20-21-22-17-14-8-12(15(18)19)7-13(9-14)16-10-11-5-3-2-4-6-11/h2-9,16-17H,10H2,1H3,(H,18,19). The van der Waals surface area contributed by atoms with Crippen LogP contribution in [0.5, 0.6) is 0 Å². The van der Waals surface area contributed by atoms with Gasteiger partial charge in [-0.25, -0.2) is 9.68 Å². The normalized spacial score (nSPS) is 10.2. The quantitative estimate of drug-likeness (QED) is 0.226. The number of rotatable bonds is 8. The van der Waals surface area contributed by atoms with Crippen molar-refractivity contribution in [3.05, 3.63) is 59.7 Å². The SMILES string of the molecule is COOSNc1cc(NCc2ccccc2)cc(C(=O)O)c1. The number of aromatic carboxylic acids is 1. The maximum Gasteiger partial charge on any atom is 0.335 e. The summed E-state index contributed by atoms with van der Waals surface area (Å²) in [6, 6.07) is 14.7. The molecule has 0 saturated heterocycles. The van der Waals surface area contributed by atoms with Gasteiger partial charge in [-0.3, -0.25) is 0 Å². The fourth-order valence-corrected chi connectivity index (χ4v) is 2.13. The van der Waals surface area contributed by atoms with Crippen LogP contribution in [-0.2, 0) is 15.8 Å². The smallest absolute Gasteiger partial charge is 0.335 e. The summed E-state index contributed by atoms with van der Waals surface area (Å²) in [5.41, 5.74) is 2.58. The third kappa shape index (κ3) is 4.96. The Labute approximate surface area is 132 Å². The van der Waals surface area contributed by atoms with Gasteiger partial charge in [-0.15, -0.1) is 4.33 Å². The second-order valence-electron chi connectivity index (χ2n) is 4.36. The van der Waals surface area contributed by atoms with Crippen LogP contribution >= 0.6 is 12.2 Å². The van der Waals surface area contributed by atoms with Gasteiger partial charge >= 0.3 is 5.97 Å². The van der Waals surface area contributed by atoms with Crippen molar-refractivity contribution >= 4 is 29.6 Å². The first-order chi connectivity index (χ1) is 10.7.